The number of hydrogen-bond acceptors (Lipinski definition) is 5. The van der Waals surface area contributed by atoms with Crippen LogP contribution in [0.2, 0.25) is 0 Å². The number of piperidine rings is 1. The Morgan fingerprint density at radius 2 is 1.71 bits per heavy atom. The molecule has 0 unspecified atom stereocenters. The highest BCUT2D eigenvalue weighted by Crippen LogP contribution is 2.54. The Labute approximate surface area is 302 Å². The number of anilines is 2. The number of ether oxygens (including phenoxy) is 2. The van der Waals surface area contributed by atoms with E-state index in [2.05, 4.69) is 11.9 Å². The van der Waals surface area contributed by atoms with Crippen LogP contribution in [0.25, 0.3) is 0 Å². The molecule has 3 heterocycles. The second-order valence-corrected chi connectivity index (χ2v) is 15.4. The van der Waals surface area contributed by atoms with Gasteiger partial charge in [0, 0.05) is 50.9 Å². The molecule has 0 radical (unpaired) electrons. The van der Waals surface area contributed by atoms with Crippen molar-refractivity contribution in [3.05, 3.63) is 101 Å². The predicted octanol–water partition coefficient (Wildman–Crippen LogP) is 7.50. The number of halogens is 4. The first-order valence-electron chi connectivity index (χ1n) is 18.2. The fourth-order valence-electron chi connectivity index (χ4n) is 8.90. The number of carbonyl (C=O) groups is 2. The van der Waals surface area contributed by atoms with Crippen LogP contribution in [0.4, 0.5) is 28.9 Å². The second kappa shape index (κ2) is 14.2. The topological polar surface area (TPSA) is 71.1 Å². The summed E-state index contributed by atoms with van der Waals surface area (Å²) in [4.78, 5) is 29.9. The molecule has 1 spiro atoms. The first kappa shape index (κ1) is 36.0. The van der Waals surface area contributed by atoms with Crippen LogP contribution in [0.15, 0.2) is 61.2 Å². The zero-order valence-electron chi connectivity index (χ0n) is 29.7. The summed E-state index contributed by atoms with van der Waals surface area (Å²) in [5, 5.41) is 3.23. The van der Waals surface area contributed by atoms with Crippen molar-refractivity contribution in [1.29, 1.82) is 0 Å². The number of nitrogens with zero attached hydrogens (tertiary/aromatic N) is 2. The molecule has 2 saturated heterocycles. The number of benzene rings is 3. The van der Waals surface area contributed by atoms with Gasteiger partial charge in [0.25, 0.3) is 5.91 Å². The van der Waals surface area contributed by atoms with Crippen LogP contribution in [-0.2, 0) is 26.2 Å². The summed E-state index contributed by atoms with van der Waals surface area (Å²) in [5.41, 5.74) is 2.14. The van der Waals surface area contributed by atoms with E-state index in [1.165, 1.54) is 29.2 Å². The normalized spacial score (nSPS) is 21.2. The average Bonchev–Trinajstić information content (AvgIpc) is 3.40. The van der Waals surface area contributed by atoms with Gasteiger partial charge < -0.3 is 24.6 Å². The lowest BCUT2D eigenvalue weighted by molar-refractivity contribution is -0.123. The lowest BCUT2D eigenvalue weighted by Crippen LogP contribution is -2.49. The zero-order chi connectivity index (χ0) is 36.8. The lowest BCUT2D eigenvalue weighted by Gasteiger charge is -2.43. The van der Waals surface area contributed by atoms with E-state index in [0.29, 0.717) is 74.7 Å². The van der Waals surface area contributed by atoms with E-state index in [0.717, 1.165) is 30.0 Å². The van der Waals surface area contributed by atoms with Gasteiger partial charge in [-0.25, -0.2) is 17.6 Å². The van der Waals surface area contributed by atoms with Crippen LogP contribution < -0.4 is 19.9 Å². The van der Waals surface area contributed by atoms with Gasteiger partial charge in [-0.2, -0.15) is 0 Å². The van der Waals surface area contributed by atoms with E-state index in [1.54, 1.807) is 24.3 Å². The molecule has 0 bridgehead atoms. The van der Waals surface area contributed by atoms with Crippen molar-refractivity contribution in [3.8, 4) is 5.75 Å². The van der Waals surface area contributed by atoms with E-state index >= 15 is 4.39 Å². The van der Waals surface area contributed by atoms with Crippen molar-refractivity contribution in [2.45, 2.75) is 81.8 Å². The third-order valence-electron chi connectivity index (χ3n) is 11.5. The molecule has 7 rings (SSSR count). The molecule has 52 heavy (non-hydrogen) atoms. The number of carbonyl (C=O) groups excluding carboxylic acids is 2. The van der Waals surface area contributed by atoms with Crippen molar-refractivity contribution in [2.75, 3.05) is 42.6 Å². The maximum atomic E-state index is 15.8. The molecule has 11 heteroatoms. The average molecular weight is 720 g/mol. The summed E-state index contributed by atoms with van der Waals surface area (Å²) in [6, 6.07) is 11.4. The van der Waals surface area contributed by atoms with Gasteiger partial charge in [0.2, 0.25) is 5.91 Å². The number of nitrogens with one attached hydrogen (secondary N) is 1. The van der Waals surface area contributed by atoms with Crippen molar-refractivity contribution < 1.29 is 36.6 Å². The monoisotopic (exact) mass is 719 g/mol. The molecule has 1 N–H and O–H groups in total. The van der Waals surface area contributed by atoms with E-state index in [-0.39, 0.29) is 53.9 Å². The van der Waals surface area contributed by atoms with Crippen LogP contribution in [0.3, 0.4) is 0 Å². The van der Waals surface area contributed by atoms with Crippen molar-refractivity contribution in [2.24, 2.45) is 5.92 Å². The molecule has 2 amide bonds. The van der Waals surface area contributed by atoms with Gasteiger partial charge in [-0.15, -0.1) is 0 Å². The zero-order valence-corrected chi connectivity index (χ0v) is 29.7. The number of rotatable bonds is 8. The van der Waals surface area contributed by atoms with Gasteiger partial charge in [0.05, 0.1) is 17.9 Å². The number of hydrogen-bond donors (Lipinski definition) is 1. The highest BCUT2D eigenvalue weighted by atomic mass is 19.2. The highest BCUT2D eigenvalue weighted by Gasteiger charge is 2.47. The highest BCUT2D eigenvalue weighted by molar-refractivity contribution is 6.02. The fraction of sp³-hybridized carbons (Fsp3) is 0.463. The molecule has 0 saturated carbocycles. The summed E-state index contributed by atoms with van der Waals surface area (Å²) >= 11 is 0. The second-order valence-electron chi connectivity index (χ2n) is 15.4. The van der Waals surface area contributed by atoms with Crippen LogP contribution in [0.1, 0.15) is 75.0 Å². The lowest BCUT2D eigenvalue weighted by atomic mass is 9.73. The third kappa shape index (κ3) is 7.16. The van der Waals surface area contributed by atoms with Crippen molar-refractivity contribution in [1.82, 2.24) is 5.32 Å². The molecule has 2 fully saturated rings. The SMILES string of the molecule is C=CC(=O)N1CC(C)(C)Oc2cc(N3CCC4(CC3)C[C@@H](CC(=O)N[C@H](Cc3ccc(F)c(F)c3)C3CCOCC3)c3ccc(F)cc34)c(F)cc21. The summed E-state index contributed by atoms with van der Waals surface area (Å²) < 4.78 is 70.1. The molecule has 7 nitrogen and oxygen atoms in total. The molecule has 2 atom stereocenters. The quantitative estimate of drug-likeness (QED) is 0.193. The fourth-order valence-corrected chi connectivity index (χ4v) is 8.90. The molecule has 0 aromatic heterocycles. The Hall–Kier alpha value is -4.38. The molecule has 1 aliphatic carbocycles. The van der Waals surface area contributed by atoms with Crippen LogP contribution in [-0.4, -0.2) is 56.3 Å². The van der Waals surface area contributed by atoms with E-state index < -0.39 is 23.1 Å². The molecular weight excluding hydrogens is 674 g/mol. The maximum Gasteiger partial charge on any atom is 0.250 e. The smallest absolute Gasteiger partial charge is 0.250 e. The van der Waals surface area contributed by atoms with Gasteiger partial charge in [-0.3, -0.25) is 9.59 Å². The van der Waals surface area contributed by atoms with Gasteiger partial charge in [-0.1, -0.05) is 18.7 Å². The Kier molecular flexibility index (Phi) is 9.84. The predicted molar refractivity (Wildman–Crippen MR) is 191 cm³/mol. The van der Waals surface area contributed by atoms with E-state index in [1.807, 2.05) is 18.7 Å². The first-order chi connectivity index (χ1) is 24.8. The summed E-state index contributed by atoms with van der Waals surface area (Å²) in [6.07, 6.45) is 5.19. The Balaban J connectivity index is 1.08. The largest absolute Gasteiger partial charge is 0.484 e. The van der Waals surface area contributed by atoms with Gasteiger partial charge in [0.1, 0.15) is 23.0 Å². The van der Waals surface area contributed by atoms with Crippen molar-refractivity contribution in [3.63, 3.8) is 0 Å². The minimum Gasteiger partial charge on any atom is -0.484 e. The van der Waals surface area contributed by atoms with E-state index in [9.17, 15) is 22.8 Å². The molecular formula is C41H45F4N3O4. The number of amides is 2. The van der Waals surface area contributed by atoms with Crippen LogP contribution in [0, 0.1) is 29.2 Å². The minimum atomic E-state index is -0.918. The van der Waals surface area contributed by atoms with Crippen LogP contribution >= 0.6 is 0 Å². The van der Waals surface area contributed by atoms with Gasteiger partial charge in [-0.05, 0) is 117 Å². The maximum absolute atomic E-state index is 15.8. The van der Waals surface area contributed by atoms with Gasteiger partial charge >= 0.3 is 0 Å². The Bertz CT molecular complexity index is 1870. The van der Waals surface area contributed by atoms with Crippen LogP contribution in [0.5, 0.6) is 5.75 Å². The third-order valence-corrected chi connectivity index (χ3v) is 11.5. The summed E-state index contributed by atoms with van der Waals surface area (Å²) in [6.45, 7) is 9.75. The van der Waals surface area contributed by atoms with E-state index in [4.69, 9.17) is 9.47 Å². The first-order valence-corrected chi connectivity index (χ1v) is 18.2. The number of fused-ring (bicyclic) bond motifs is 3. The standard InChI is InChI=1S/C41H45F4N3O4/c1-4-39(50)48-24-40(2,3)52-37-22-35(33(45)21-36(37)48)47-13-11-41(12-14-47)23-27(29-7-6-28(42)20-30(29)41)19-38(49)46-34(26-9-15-51-16-10-26)18-25-5-8-31(43)32(44)17-25/h4-8,17,20-22,26-27,34H,1,9-16,18-19,23-24H2,2-3H3,(H,46,49)/t27-,34-/m1/s1. The Morgan fingerprint density at radius 3 is 2.42 bits per heavy atom. The summed E-state index contributed by atoms with van der Waals surface area (Å²) in [5.74, 6) is -2.71. The minimum absolute atomic E-state index is 0.123. The molecule has 4 aliphatic rings. The van der Waals surface area contributed by atoms with Crippen molar-refractivity contribution >= 4 is 23.2 Å². The molecule has 276 valence electrons. The molecule has 3 aliphatic heterocycles. The molecule has 3 aromatic rings. The Morgan fingerprint density at radius 1 is 0.962 bits per heavy atom. The summed E-state index contributed by atoms with van der Waals surface area (Å²) in [7, 11) is 0. The molecule has 3 aromatic carbocycles. The van der Waals surface area contributed by atoms with Gasteiger partial charge in [0.15, 0.2) is 11.6 Å².